The third-order valence-electron chi connectivity index (χ3n) is 2.30. The number of nitrogens with one attached hydrogen (secondary N) is 2. The maximum absolute atomic E-state index is 8.47. The van der Waals surface area contributed by atoms with Crippen molar-refractivity contribution in [2.75, 3.05) is 25.1 Å². The van der Waals surface area contributed by atoms with Crippen molar-refractivity contribution >= 4 is 27.5 Å². The average Bonchev–Trinajstić information content (AvgIpc) is 2.92. The number of hydrogen-bond donors (Lipinski definition) is 3. The van der Waals surface area contributed by atoms with E-state index >= 15 is 0 Å². The number of morpholine rings is 1. The number of hydrogen-bond acceptors (Lipinski definition) is 7. The average molecular weight is 255 g/mol. The highest BCUT2D eigenvalue weighted by atomic mass is 32.1. The molecule has 1 fully saturated rings. The number of aromatic nitrogens is 2. The molecular weight excluding hydrogens is 238 g/mol. The molecule has 90 valence electrons. The summed E-state index contributed by atoms with van der Waals surface area (Å²) in [4.78, 5) is 8.84. The predicted molar refractivity (Wildman–Crippen MR) is 66.8 cm³/mol. The van der Waals surface area contributed by atoms with Crippen LogP contribution in [0.25, 0.3) is 10.2 Å². The van der Waals surface area contributed by atoms with Crippen LogP contribution in [0.2, 0.25) is 1.41 Å². The maximum Gasteiger partial charge on any atom is 0.238 e. The Morgan fingerprint density at radius 3 is 3.59 bits per heavy atom. The van der Waals surface area contributed by atoms with Gasteiger partial charge in [0.2, 0.25) is 5.95 Å². The van der Waals surface area contributed by atoms with Crippen LogP contribution < -0.4 is 16.6 Å². The van der Waals surface area contributed by atoms with Gasteiger partial charge in [-0.05, 0) is 11.4 Å². The van der Waals surface area contributed by atoms with E-state index in [9.17, 15) is 0 Å². The SMILES string of the molecule is [2H]N1CCOC([2H])(c2nc(NN)nc3sccc23)C1([2H])[2H]. The van der Waals surface area contributed by atoms with Crippen LogP contribution in [0.5, 0.6) is 0 Å². The zero-order chi connectivity index (χ0) is 15.3. The Kier molecular flexibility index (Phi) is 1.93. The summed E-state index contributed by atoms with van der Waals surface area (Å²) in [5, 5.41) is 3.00. The minimum atomic E-state index is -2.36. The van der Waals surface area contributed by atoms with Gasteiger partial charge in [0.15, 0.2) is 0 Å². The van der Waals surface area contributed by atoms with Gasteiger partial charge in [0.05, 0.1) is 13.7 Å². The second-order valence-electron chi connectivity index (χ2n) is 3.35. The van der Waals surface area contributed by atoms with Gasteiger partial charge in [-0.15, -0.1) is 11.3 Å². The summed E-state index contributed by atoms with van der Waals surface area (Å²) in [6, 6.07) is 1.70. The van der Waals surface area contributed by atoms with Gasteiger partial charge >= 0.3 is 0 Å². The molecule has 1 saturated heterocycles. The van der Waals surface area contributed by atoms with Crippen molar-refractivity contribution in [3.05, 3.63) is 17.1 Å². The molecule has 17 heavy (non-hydrogen) atoms. The van der Waals surface area contributed by atoms with Gasteiger partial charge in [0.1, 0.15) is 12.3 Å². The lowest BCUT2D eigenvalue weighted by Crippen LogP contribution is -2.34. The van der Waals surface area contributed by atoms with Crippen LogP contribution in [0.4, 0.5) is 5.95 Å². The molecule has 6 nitrogen and oxygen atoms in total. The van der Waals surface area contributed by atoms with Crippen molar-refractivity contribution in [3.8, 4) is 0 Å². The van der Waals surface area contributed by atoms with Crippen molar-refractivity contribution in [2.45, 2.75) is 6.08 Å². The van der Waals surface area contributed by atoms with Crippen molar-refractivity contribution in [3.63, 3.8) is 0 Å². The second kappa shape index (κ2) is 4.53. The number of thiophene rings is 1. The summed E-state index contributed by atoms with van der Waals surface area (Å²) >= 11 is 1.33. The highest BCUT2D eigenvalue weighted by Gasteiger charge is 2.21. The van der Waals surface area contributed by atoms with Crippen molar-refractivity contribution in [2.24, 2.45) is 5.84 Å². The fraction of sp³-hybridized carbons (Fsp3) is 0.400. The minimum Gasteiger partial charge on any atom is -0.369 e. The number of nitrogens with zero attached hydrogens (tertiary/aromatic N) is 2. The molecule has 4 N–H and O–H groups in total. The van der Waals surface area contributed by atoms with E-state index in [0.29, 0.717) is 15.5 Å². The molecule has 7 heteroatoms. The van der Waals surface area contributed by atoms with Gasteiger partial charge in [0, 0.05) is 21.2 Å². The number of nitrogen functional groups attached to an aromatic ring is 1. The summed E-state index contributed by atoms with van der Waals surface area (Å²) in [6.07, 6.45) is -2.14. The van der Waals surface area contributed by atoms with E-state index in [0.717, 1.165) is 0 Å². The number of ether oxygens (including phenoxy) is 1. The molecule has 3 heterocycles. The van der Waals surface area contributed by atoms with Crippen LogP contribution in [0, 0.1) is 0 Å². The van der Waals surface area contributed by atoms with E-state index in [2.05, 4.69) is 15.4 Å². The topological polar surface area (TPSA) is 85.1 Å². The predicted octanol–water partition coefficient (Wildman–Crippen LogP) is 0.638. The lowest BCUT2D eigenvalue weighted by molar-refractivity contribution is 0.0260. The molecule has 0 radical (unpaired) electrons. The van der Waals surface area contributed by atoms with Gasteiger partial charge in [0.25, 0.3) is 0 Å². The fourth-order valence-electron chi connectivity index (χ4n) is 1.57. The molecule has 1 aliphatic heterocycles. The van der Waals surface area contributed by atoms with Crippen LogP contribution in [-0.4, -0.2) is 29.6 Å². The third kappa shape index (κ3) is 1.98. The molecular formula is C10H13N5OS. The Hall–Kier alpha value is -1.28. The number of hydrazine groups is 1. The molecule has 1 unspecified atom stereocenters. The summed E-state index contributed by atoms with van der Waals surface area (Å²) < 4.78 is 37.7. The highest BCUT2D eigenvalue weighted by Crippen LogP contribution is 2.28. The van der Waals surface area contributed by atoms with Gasteiger partial charge < -0.3 is 10.0 Å². The highest BCUT2D eigenvalue weighted by molar-refractivity contribution is 7.16. The first-order valence-corrected chi connectivity index (χ1v) is 5.91. The molecule has 0 saturated carbocycles. The fourth-order valence-corrected chi connectivity index (χ4v) is 2.33. The van der Waals surface area contributed by atoms with Crippen molar-refractivity contribution in [1.82, 2.24) is 15.3 Å². The number of rotatable bonds is 2. The molecule has 2 aromatic heterocycles. The molecule has 0 bridgehead atoms. The van der Waals surface area contributed by atoms with Crippen molar-refractivity contribution in [1.29, 1.82) is 0 Å². The number of fused-ring (bicyclic) bond motifs is 1. The third-order valence-corrected chi connectivity index (χ3v) is 3.11. The summed E-state index contributed by atoms with van der Waals surface area (Å²) in [5.41, 5.74) is 2.37. The molecule has 1 atom stereocenters. The lowest BCUT2D eigenvalue weighted by Gasteiger charge is -2.23. The standard InChI is InChI=1S/C10H13N5OS/c11-15-10-13-8(7-5-12-2-3-16-7)6-1-4-17-9(6)14-10/h1,4,7,12H,2-3,5,11H2,(H,13,14,15)/i5D2,7D/hD. The van der Waals surface area contributed by atoms with Gasteiger partial charge in [-0.3, -0.25) is 5.43 Å². The van der Waals surface area contributed by atoms with Gasteiger partial charge in [-0.1, -0.05) is 0 Å². The van der Waals surface area contributed by atoms with Crippen LogP contribution in [-0.2, 0) is 4.74 Å². The smallest absolute Gasteiger partial charge is 0.238 e. The van der Waals surface area contributed by atoms with Crippen LogP contribution in [0.15, 0.2) is 11.4 Å². The van der Waals surface area contributed by atoms with Crippen molar-refractivity contribution < 1.29 is 10.3 Å². The first-order valence-electron chi connectivity index (χ1n) is 6.97. The zero-order valence-electron chi connectivity index (χ0n) is 12.8. The monoisotopic (exact) mass is 255 g/mol. The summed E-state index contributed by atoms with van der Waals surface area (Å²) in [5.74, 6) is 5.41. The molecule has 1 aliphatic rings. The maximum atomic E-state index is 8.47. The molecule has 0 aliphatic carbocycles. The summed E-state index contributed by atoms with van der Waals surface area (Å²) in [7, 11) is 0. The Morgan fingerprint density at radius 1 is 1.76 bits per heavy atom. The number of anilines is 1. The van der Waals surface area contributed by atoms with Gasteiger partial charge in [-0.2, -0.15) is 0 Å². The molecule has 0 spiro atoms. The summed E-state index contributed by atoms with van der Waals surface area (Å²) in [6.45, 7) is -2.22. The van der Waals surface area contributed by atoms with E-state index in [-0.39, 0.29) is 24.8 Å². The Balaban J connectivity index is 2.24. The molecule has 0 aromatic carbocycles. The van der Waals surface area contributed by atoms with E-state index < -0.39 is 12.6 Å². The normalized spacial score (nSPS) is 32.5. The first-order chi connectivity index (χ1) is 9.90. The second-order valence-corrected chi connectivity index (χ2v) is 4.25. The number of nitrogens with two attached hydrogens (primary N) is 1. The first kappa shape index (κ1) is 7.22. The van der Waals surface area contributed by atoms with Gasteiger partial charge in [-0.25, -0.2) is 15.8 Å². The van der Waals surface area contributed by atoms with E-state index in [1.807, 2.05) is 0 Å². The quantitative estimate of drug-likeness (QED) is 0.539. The van der Waals surface area contributed by atoms with E-state index in [4.69, 9.17) is 16.1 Å². The molecule has 3 rings (SSSR count). The van der Waals surface area contributed by atoms with E-state index in [1.165, 1.54) is 11.3 Å². The van der Waals surface area contributed by atoms with Crippen LogP contribution >= 0.6 is 11.3 Å². The lowest BCUT2D eigenvalue weighted by atomic mass is 10.1. The zero-order valence-corrected chi connectivity index (χ0v) is 9.62. The Bertz CT molecular complexity index is 683. The van der Waals surface area contributed by atoms with Crippen LogP contribution in [0.1, 0.15) is 15.9 Å². The Morgan fingerprint density at radius 2 is 2.71 bits per heavy atom. The largest absolute Gasteiger partial charge is 0.369 e. The minimum absolute atomic E-state index is 0.0589. The van der Waals surface area contributed by atoms with E-state index in [1.54, 1.807) is 11.4 Å². The van der Waals surface area contributed by atoms with Crippen LogP contribution in [0.3, 0.4) is 0 Å². The molecule has 0 amide bonds. The molecule has 2 aromatic rings. The Labute approximate surface area is 108 Å².